The van der Waals surface area contributed by atoms with E-state index in [1.807, 2.05) is 42.5 Å². The summed E-state index contributed by atoms with van der Waals surface area (Å²) in [6.45, 7) is 4.36. The van der Waals surface area contributed by atoms with E-state index in [4.69, 9.17) is 9.72 Å². The number of aryl methyl sites for hydroxylation is 2. The topological polar surface area (TPSA) is 67.9 Å². The Morgan fingerprint density at radius 1 is 1.11 bits per heavy atom. The van der Waals surface area contributed by atoms with Crippen LogP contribution in [-0.4, -0.2) is 16.2 Å². The Balaban J connectivity index is 1.48. The van der Waals surface area contributed by atoms with Crippen LogP contribution in [0.25, 0.3) is 16.8 Å². The summed E-state index contributed by atoms with van der Waals surface area (Å²) in [5, 5.41) is 9.44. The van der Waals surface area contributed by atoms with Crippen molar-refractivity contribution in [3.63, 3.8) is 0 Å². The van der Waals surface area contributed by atoms with Crippen molar-refractivity contribution in [3.8, 4) is 28.6 Å². The fourth-order valence-electron chi connectivity index (χ4n) is 4.72. The molecule has 38 heavy (non-hydrogen) atoms. The zero-order valence-electron chi connectivity index (χ0n) is 21.7. The second-order valence-electron chi connectivity index (χ2n) is 9.88. The minimum Gasteiger partial charge on any atom is -0.490 e. The molecule has 0 spiro atoms. The Labute approximate surface area is 222 Å². The molecule has 3 aromatic carbocycles. The minimum absolute atomic E-state index is 0.189. The van der Waals surface area contributed by atoms with Crippen molar-refractivity contribution in [1.29, 1.82) is 5.26 Å². The number of hydrogen-bond donors (Lipinski definition) is 0. The van der Waals surface area contributed by atoms with Gasteiger partial charge in [-0.05, 0) is 67.0 Å². The van der Waals surface area contributed by atoms with Gasteiger partial charge in [-0.1, -0.05) is 55.8 Å². The lowest BCUT2D eigenvalue weighted by Crippen LogP contribution is -2.28. The van der Waals surface area contributed by atoms with Crippen molar-refractivity contribution in [2.45, 2.75) is 46.0 Å². The number of hydrogen-bond acceptors (Lipinski definition) is 4. The molecule has 192 valence electrons. The van der Waals surface area contributed by atoms with E-state index in [-0.39, 0.29) is 11.3 Å². The first-order chi connectivity index (χ1) is 18.5. The highest BCUT2D eigenvalue weighted by Gasteiger charge is 2.23. The molecule has 1 aliphatic carbocycles. The minimum atomic E-state index is -0.484. The highest BCUT2D eigenvalue weighted by atomic mass is 19.1. The van der Waals surface area contributed by atoms with Crippen LogP contribution in [0.1, 0.15) is 54.4 Å². The van der Waals surface area contributed by atoms with Crippen LogP contribution in [0.5, 0.6) is 5.75 Å². The molecule has 0 saturated heterocycles. The van der Waals surface area contributed by atoms with E-state index in [2.05, 4.69) is 13.0 Å². The van der Waals surface area contributed by atoms with E-state index in [1.165, 1.54) is 10.6 Å². The first-order valence-corrected chi connectivity index (χ1v) is 13.1. The van der Waals surface area contributed by atoms with E-state index in [1.54, 1.807) is 25.1 Å². The van der Waals surface area contributed by atoms with Crippen molar-refractivity contribution in [1.82, 2.24) is 9.55 Å². The molecule has 0 amide bonds. The van der Waals surface area contributed by atoms with Gasteiger partial charge in [0, 0.05) is 18.1 Å². The molecule has 0 unspecified atom stereocenters. The van der Waals surface area contributed by atoms with Gasteiger partial charge in [-0.3, -0.25) is 9.36 Å². The summed E-state index contributed by atoms with van der Waals surface area (Å²) in [5.74, 6) is 0.769. The van der Waals surface area contributed by atoms with E-state index in [9.17, 15) is 14.4 Å². The molecule has 1 heterocycles. The molecule has 5 rings (SSSR count). The molecule has 1 fully saturated rings. The molecule has 0 aliphatic heterocycles. The molecule has 0 bridgehead atoms. The number of benzene rings is 3. The summed E-state index contributed by atoms with van der Waals surface area (Å²) in [5.41, 5.74) is 5.02. The lowest BCUT2D eigenvalue weighted by atomic mass is 9.97. The molecule has 0 N–H and O–H groups in total. The maximum absolute atomic E-state index is 14.9. The average Bonchev–Trinajstić information content (AvgIpc) is 3.75. The predicted octanol–water partition coefficient (Wildman–Crippen LogP) is 6.55. The Kier molecular flexibility index (Phi) is 7.37. The summed E-state index contributed by atoms with van der Waals surface area (Å²) in [7, 11) is 0. The Hall–Kier alpha value is -4.24. The third-order valence-corrected chi connectivity index (χ3v) is 6.96. The zero-order chi connectivity index (χ0) is 26.6. The molecule has 4 aromatic rings. The molecule has 1 saturated carbocycles. The molecular weight excluding hydrogens is 477 g/mol. The zero-order valence-corrected chi connectivity index (χ0v) is 21.7. The van der Waals surface area contributed by atoms with Gasteiger partial charge in [0.15, 0.2) is 11.6 Å². The Bertz CT molecular complexity index is 1560. The van der Waals surface area contributed by atoms with E-state index in [0.717, 1.165) is 41.6 Å². The van der Waals surface area contributed by atoms with E-state index < -0.39 is 5.82 Å². The number of aromatic nitrogens is 2. The normalized spacial score (nSPS) is 12.8. The monoisotopic (exact) mass is 507 g/mol. The molecule has 5 nitrogen and oxygen atoms in total. The second kappa shape index (κ2) is 11.0. The molecule has 1 aromatic heterocycles. The Morgan fingerprint density at radius 2 is 1.87 bits per heavy atom. The van der Waals surface area contributed by atoms with Gasteiger partial charge in [0.2, 0.25) is 0 Å². The van der Waals surface area contributed by atoms with Gasteiger partial charge < -0.3 is 4.74 Å². The summed E-state index contributed by atoms with van der Waals surface area (Å²) in [4.78, 5) is 18.6. The van der Waals surface area contributed by atoms with Crippen molar-refractivity contribution in [3.05, 3.63) is 111 Å². The number of nitriles is 1. The highest BCUT2D eigenvalue weighted by molar-refractivity contribution is 5.70. The molecule has 0 atom stereocenters. The number of halogens is 1. The van der Waals surface area contributed by atoms with Gasteiger partial charge in [0.25, 0.3) is 5.56 Å². The quantitative estimate of drug-likeness (QED) is 0.258. The molecule has 6 heteroatoms. The van der Waals surface area contributed by atoms with Crippen LogP contribution in [0.15, 0.2) is 71.5 Å². The molecular formula is C32H30FN3O2. The van der Waals surface area contributed by atoms with Crippen LogP contribution < -0.4 is 10.3 Å². The smallest absolute Gasteiger partial charge is 0.261 e. The summed E-state index contributed by atoms with van der Waals surface area (Å²) in [6.07, 6.45) is 4.20. The summed E-state index contributed by atoms with van der Waals surface area (Å²) >= 11 is 0. The largest absolute Gasteiger partial charge is 0.490 e. The van der Waals surface area contributed by atoms with Crippen molar-refractivity contribution < 1.29 is 9.13 Å². The van der Waals surface area contributed by atoms with Crippen LogP contribution in [0.3, 0.4) is 0 Å². The number of ether oxygens (including phenoxy) is 1. The first-order valence-electron chi connectivity index (χ1n) is 13.1. The van der Waals surface area contributed by atoms with Crippen LogP contribution in [0.4, 0.5) is 4.39 Å². The van der Waals surface area contributed by atoms with E-state index >= 15 is 0 Å². The summed E-state index contributed by atoms with van der Waals surface area (Å²) < 4.78 is 22.0. The lowest BCUT2D eigenvalue weighted by Gasteiger charge is -2.16. The average molecular weight is 508 g/mol. The number of rotatable bonds is 9. The second-order valence-corrected chi connectivity index (χ2v) is 9.88. The van der Waals surface area contributed by atoms with Crippen LogP contribution in [-0.2, 0) is 12.8 Å². The number of nitrogens with zero attached hydrogens (tertiary/aromatic N) is 3. The predicted molar refractivity (Wildman–Crippen MR) is 146 cm³/mol. The van der Waals surface area contributed by atoms with Gasteiger partial charge in [0.05, 0.1) is 29.6 Å². The van der Waals surface area contributed by atoms with Gasteiger partial charge in [-0.25, -0.2) is 9.37 Å². The van der Waals surface area contributed by atoms with Crippen LogP contribution in [0, 0.1) is 30.0 Å². The van der Waals surface area contributed by atoms with Crippen LogP contribution in [0.2, 0.25) is 0 Å². The highest BCUT2D eigenvalue weighted by Crippen LogP contribution is 2.31. The SMILES string of the molecule is CCCc1nc(C)n(-c2ccc(OCC3CC3)c(F)c2)c(=O)c1Cc1ccc(-c2ccccc2C#N)cc1. The maximum atomic E-state index is 14.9. The third-order valence-electron chi connectivity index (χ3n) is 6.96. The van der Waals surface area contributed by atoms with Gasteiger partial charge in [-0.2, -0.15) is 5.26 Å². The van der Waals surface area contributed by atoms with Crippen molar-refractivity contribution >= 4 is 0 Å². The Morgan fingerprint density at radius 3 is 2.55 bits per heavy atom. The van der Waals surface area contributed by atoms with Crippen molar-refractivity contribution in [2.75, 3.05) is 6.61 Å². The first kappa shape index (κ1) is 25.4. The molecule has 0 radical (unpaired) electrons. The maximum Gasteiger partial charge on any atom is 0.261 e. The van der Waals surface area contributed by atoms with Gasteiger partial charge in [-0.15, -0.1) is 0 Å². The summed E-state index contributed by atoms with van der Waals surface area (Å²) in [6, 6.07) is 22.3. The van der Waals surface area contributed by atoms with Gasteiger partial charge >= 0.3 is 0 Å². The van der Waals surface area contributed by atoms with Gasteiger partial charge in [0.1, 0.15) is 5.82 Å². The van der Waals surface area contributed by atoms with Crippen LogP contribution >= 0.6 is 0 Å². The standard InChI is InChI=1S/C32H30FN3O2/c1-3-6-30-28(17-22-11-13-24(14-12-22)27-8-5-4-7-25(27)19-34)32(37)36(21(2)35-30)26-15-16-31(29(33)18-26)38-20-23-9-10-23/h4-5,7-8,11-16,18,23H,3,6,9-10,17,20H2,1-2H3. The van der Waals surface area contributed by atoms with E-state index in [0.29, 0.717) is 48.0 Å². The third kappa shape index (κ3) is 5.38. The fourth-order valence-corrected chi connectivity index (χ4v) is 4.72. The van der Waals surface area contributed by atoms with Crippen molar-refractivity contribution in [2.24, 2.45) is 5.92 Å². The lowest BCUT2D eigenvalue weighted by molar-refractivity contribution is 0.285. The fraction of sp³-hybridized carbons (Fsp3) is 0.281. The molecule has 1 aliphatic rings.